The lowest BCUT2D eigenvalue weighted by Crippen LogP contribution is -3.25. The highest BCUT2D eigenvalue weighted by Crippen LogP contribution is 2.28. The number of benzene rings is 1. The van der Waals surface area contributed by atoms with Gasteiger partial charge in [-0.3, -0.25) is 4.79 Å². The first-order valence-corrected chi connectivity index (χ1v) is 10.9. The Hall–Kier alpha value is -1.43. The van der Waals surface area contributed by atoms with E-state index in [1.54, 1.807) is 4.90 Å². The number of ether oxygens (including phenoxy) is 1. The number of para-hydroxylation sites is 1. The standard InChI is InChI=1S/C22H33N3O2/c1-18(21(26)25-12-9-19-7-3-4-8-20(19)25)23-17-22(10-5-2-6-11-22)24-13-15-27-16-14-24/h3-4,7-8,18,23H,2,5-6,9-17H2,1H3/p+2/t18-/m1/s1. The molecule has 1 aromatic carbocycles. The Morgan fingerprint density at radius 1 is 1.22 bits per heavy atom. The number of fused-ring (bicyclic) bond motifs is 1. The third kappa shape index (κ3) is 3.91. The Morgan fingerprint density at radius 2 is 1.96 bits per heavy atom. The Morgan fingerprint density at radius 3 is 2.74 bits per heavy atom. The van der Waals surface area contributed by atoms with E-state index in [1.165, 1.54) is 37.7 Å². The zero-order valence-corrected chi connectivity index (χ0v) is 16.7. The molecule has 3 N–H and O–H groups in total. The molecule has 5 heteroatoms. The van der Waals surface area contributed by atoms with E-state index in [-0.39, 0.29) is 11.9 Å². The van der Waals surface area contributed by atoms with Gasteiger partial charge in [0.2, 0.25) is 0 Å². The van der Waals surface area contributed by atoms with Crippen LogP contribution in [0, 0.1) is 0 Å². The number of hydrogen-bond acceptors (Lipinski definition) is 2. The Kier molecular flexibility index (Phi) is 5.81. The van der Waals surface area contributed by atoms with Gasteiger partial charge in [-0.05, 0) is 37.8 Å². The first-order valence-electron chi connectivity index (χ1n) is 10.9. The van der Waals surface area contributed by atoms with Crippen molar-refractivity contribution in [1.29, 1.82) is 0 Å². The highest BCUT2D eigenvalue weighted by molar-refractivity contribution is 5.97. The average Bonchev–Trinajstić information content (AvgIpc) is 3.17. The number of rotatable bonds is 5. The number of quaternary nitrogens is 2. The smallest absolute Gasteiger partial charge is 0.284 e. The maximum Gasteiger partial charge on any atom is 0.284 e. The molecule has 1 aromatic rings. The van der Waals surface area contributed by atoms with Gasteiger partial charge in [-0.25, -0.2) is 0 Å². The van der Waals surface area contributed by atoms with E-state index in [0.717, 1.165) is 51.5 Å². The number of morpholine rings is 1. The molecule has 1 aliphatic carbocycles. The second-order valence-corrected chi connectivity index (χ2v) is 8.65. The molecule has 1 amide bonds. The largest absolute Gasteiger partial charge is 0.370 e. The highest BCUT2D eigenvalue weighted by Gasteiger charge is 2.45. The minimum atomic E-state index is -0.0181. The van der Waals surface area contributed by atoms with Crippen LogP contribution in [0.15, 0.2) is 24.3 Å². The number of nitrogens with two attached hydrogens (primary N) is 1. The van der Waals surface area contributed by atoms with Gasteiger partial charge in [0.15, 0.2) is 6.04 Å². The summed E-state index contributed by atoms with van der Waals surface area (Å²) in [7, 11) is 0. The van der Waals surface area contributed by atoms with Crippen LogP contribution < -0.4 is 15.1 Å². The Bertz CT molecular complexity index is 651. The van der Waals surface area contributed by atoms with Crippen molar-refractivity contribution in [3.05, 3.63) is 29.8 Å². The van der Waals surface area contributed by atoms with Crippen molar-refractivity contribution in [3.63, 3.8) is 0 Å². The lowest BCUT2D eigenvalue weighted by molar-refractivity contribution is -0.975. The van der Waals surface area contributed by atoms with E-state index in [4.69, 9.17) is 4.74 Å². The van der Waals surface area contributed by atoms with Crippen LogP contribution in [-0.2, 0) is 16.0 Å². The van der Waals surface area contributed by atoms with Crippen LogP contribution in [0.3, 0.4) is 0 Å². The van der Waals surface area contributed by atoms with Crippen LogP contribution >= 0.6 is 0 Å². The van der Waals surface area contributed by atoms with Gasteiger partial charge in [0, 0.05) is 25.1 Å². The molecule has 1 saturated heterocycles. The van der Waals surface area contributed by atoms with E-state index < -0.39 is 0 Å². The molecule has 0 radical (unpaired) electrons. The Balaban J connectivity index is 1.41. The second-order valence-electron chi connectivity index (χ2n) is 8.65. The molecular weight excluding hydrogens is 338 g/mol. The average molecular weight is 374 g/mol. The molecule has 2 aliphatic heterocycles. The van der Waals surface area contributed by atoms with Crippen LogP contribution in [0.25, 0.3) is 0 Å². The first kappa shape index (κ1) is 18.9. The van der Waals surface area contributed by atoms with Crippen LogP contribution in [0.4, 0.5) is 5.69 Å². The van der Waals surface area contributed by atoms with E-state index in [1.807, 2.05) is 11.0 Å². The fourth-order valence-electron chi connectivity index (χ4n) is 5.39. The van der Waals surface area contributed by atoms with E-state index in [9.17, 15) is 4.79 Å². The Labute approximate surface area is 163 Å². The van der Waals surface area contributed by atoms with Crippen LogP contribution in [0.1, 0.15) is 44.6 Å². The molecular formula is C22H35N3O2+2. The minimum absolute atomic E-state index is 0.0181. The zero-order valence-electron chi connectivity index (χ0n) is 16.7. The summed E-state index contributed by atoms with van der Waals surface area (Å²) in [4.78, 5) is 16.9. The van der Waals surface area contributed by atoms with E-state index in [0.29, 0.717) is 5.54 Å². The number of carbonyl (C=O) groups excluding carboxylic acids is 1. The lowest BCUT2D eigenvalue weighted by Gasteiger charge is -2.43. The molecule has 1 atom stereocenters. The van der Waals surface area contributed by atoms with Crippen molar-refractivity contribution >= 4 is 11.6 Å². The van der Waals surface area contributed by atoms with Gasteiger partial charge in [-0.1, -0.05) is 24.6 Å². The molecule has 3 aliphatic rings. The quantitative estimate of drug-likeness (QED) is 0.772. The maximum absolute atomic E-state index is 13.1. The van der Waals surface area contributed by atoms with Crippen molar-refractivity contribution in [1.82, 2.24) is 0 Å². The number of nitrogens with zero attached hydrogens (tertiary/aromatic N) is 1. The van der Waals surface area contributed by atoms with Gasteiger partial charge < -0.3 is 19.9 Å². The minimum Gasteiger partial charge on any atom is -0.370 e. The normalized spacial score (nSPS) is 23.8. The van der Waals surface area contributed by atoms with Gasteiger partial charge in [0.25, 0.3) is 5.91 Å². The molecule has 1 saturated carbocycles. The van der Waals surface area contributed by atoms with Gasteiger partial charge >= 0.3 is 0 Å². The lowest BCUT2D eigenvalue weighted by atomic mass is 9.79. The predicted molar refractivity (Wildman–Crippen MR) is 106 cm³/mol. The molecule has 0 aromatic heterocycles. The first-order chi connectivity index (χ1) is 13.2. The molecule has 0 bridgehead atoms. The van der Waals surface area contributed by atoms with Crippen molar-refractivity contribution in [2.24, 2.45) is 0 Å². The highest BCUT2D eigenvalue weighted by atomic mass is 16.5. The predicted octanol–water partition coefficient (Wildman–Crippen LogP) is 0.146. The van der Waals surface area contributed by atoms with Gasteiger partial charge in [-0.2, -0.15) is 0 Å². The van der Waals surface area contributed by atoms with E-state index >= 15 is 0 Å². The number of nitrogens with one attached hydrogen (secondary N) is 1. The fraction of sp³-hybridized carbons (Fsp3) is 0.682. The van der Waals surface area contributed by atoms with Gasteiger partial charge in [0.1, 0.15) is 25.2 Å². The monoisotopic (exact) mass is 373 g/mol. The molecule has 2 heterocycles. The summed E-state index contributed by atoms with van der Waals surface area (Å²) < 4.78 is 5.61. The third-order valence-electron chi connectivity index (χ3n) is 7.06. The van der Waals surface area contributed by atoms with Crippen LogP contribution in [0.2, 0.25) is 0 Å². The molecule has 4 rings (SSSR count). The summed E-state index contributed by atoms with van der Waals surface area (Å²) >= 11 is 0. The SMILES string of the molecule is C[C@@H]([NH2+]CC1([NH+]2CCOCC2)CCCCC1)C(=O)N1CCc2ccccc21. The summed E-state index contributed by atoms with van der Waals surface area (Å²) in [6.07, 6.45) is 7.61. The van der Waals surface area contributed by atoms with Crippen molar-refractivity contribution in [2.75, 3.05) is 44.3 Å². The number of anilines is 1. The summed E-state index contributed by atoms with van der Waals surface area (Å²) in [5.74, 6) is 0.267. The number of carbonyl (C=O) groups is 1. The molecule has 148 valence electrons. The van der Waals surface area contributed by atoms with Crippen molar-refractivity contribution in [3.8, 4) is 0 Å². The van der Waals surface area contributed by atoms with Crippen molar-refractivity contribution in [2.45, 2.75) is 57.0 Å². The zero-order chi connectivity index (χ0) is 18.7. The van der Waals surface area contributed by atoms with Gasteiger partial charge in [-0.15, -0.1) is 0 Å². The van der Waals surface area contributed by atoms with Crippen LogP contribution in [0.5, 0.6) is 0 Å². The molecule has 0 spiro atoms. The number of amides is 1. The molecule has 0 unspecified atom stereocenters. The molecule has 5 nitrogen and oxygen atoms in total. The summed E-state index contributed by atoms with van der Waals surface area (Å²) in [6.45, 7) is 7.99. The van der Waals surface area contributed by atoms with Crippen LogP contribution in [-0.4, -0.2) is 56.9 Å². The summed E-state index contributed by atoms with van der Waals surface area (Å²) in [5.41, 5.74) is 2.76. The second kappa shape index (κ2) is 8.29. The van der Waals surface area contributed by atoms with Crippen molar-refractivity contribution < 1.29 is 19.7 Å². The van der Waals surface area contributed by atoms with Gasteiger partial charge in [0.05, 0.1) is 13.2 Å². The summed E-state index contributed by atoms with van der Waals surface area (Å²) in [6, 6.07) is 8.33. The molecule has 2 fully saturated rings. The number of hydrogen-bond donors (Lipinski definition) is 2. The third-order valence-corrected chi connectivity index (χ3v) is 7.06. The topological polar surface area (TPSA) is 50.6 Å². The summed E-state index contributed by atoms with van der Waals surface area (Å²) in [5, 5.41) is 2.33. The van der Waals surface area contributed by atoms with E-state index in [2.05, 4.69) is 30.4 Å². The maximum atomic E-state index is 13.1. The fourth-order valence-corrected chi connectivity index (χ4v) is 5.39. The molecule has 27 heavy (non-hydrogen) atoms.